The first-order chi connectivity index (χ1) is 7.41. The van der Waals surface area contributed by atoms with Crippen LogP contribution in [0.5, 0.6) is 0 Å². The number of carbonyl (C=O) groups excluding carboxylic acids is 1. The van der Waals surface area contributed by atoms with Gasteiger partial charge in [-0.15, -0.1) is 0 Å². The van der Waals surface area contributed by atoms with Gasteiger partial charge in [-0.25, -0.2) is 8.78 Å². The molecule has 0 radical (unpaired) electrons. The average Bonchev–Trinajstić information content (AvgIpc) is 2.17. The summed E-state index contributed by atoms with van der Waals surface area (Å²) in [4.78, 5) is 11.2. The molecule has 1 aromatic carbocycles. The summed E-state index contributed by atoms with van der Waals surface area (Å²) in [6, 6.07) is 2.36. The van der Waals surface area contributed by atoms with Crippen molar-refractivity contribution in [3.05, 3.63) is 29.3 Å². The van der Waals surface area contributed by atoms with E-state index in [4.69, 9.17) is 5.73 Å². The molecule has 0 spiro atoms. The van der Waals surface area contributed by atoms with Crippen LogP contribution in [-0.4, -0.2) is 10.9 Å². The van der Waals surface area contributed by atoms with Crippen LogP contribution >= 0.6 is 12.2 Å². The van der Waals surface area contributed by atoms with Crippen LogP contribution in [0.2, 0.25) is 0 Å². The molecule has 86 valence electrons. The molecule has 1 aromatic rings. The van der Waals surface area contributed by atoms with Crippen molar-refractivity contribution in [2.75, 3.05) is 5.32 Å². The standard InChI is InChI=1S/C10H10F2N2OS/c1-5-2-3-6(11)10(9(5)12)14-8(15)4-7(13)16/h2-3H,4H2,1H3,(H2,13,16)(H,14,15). The van der Waals surface area contributed by atoms with Crippen molar-refractivity contribution >= 4 is 28.8 Å². The zero-order valence-corrected chi connectivity index (χ0v) is 9.33. The summed E-state index contributed by atoms with van der Waals surface area (Å²) < 4.78 is 26.7. The Kier molecular flexibility index (Phi) is 3.89. The summed E-state index contributed by atoms with van der Waals surface area (Å²) in [5.41, 5.74) is 4.91. The van der Waals surface area contributed by atoms with Gasteiger partial charge in [0.15, 0.2) is 5.82 Å². The molecule has 1 amide bonds. The van der Waals surface area contributed by atoms with Crippen LogP contribution < -0.4 is 11.1 Å². The van der Waals surface area contributed by atoms with Crippen molar-refractivity contribution in [3.8, 4) is 0 Å². The zero-order chi connectivity index (χ0) is 12.3. The molecule has 0 aliphatic rings. The van der Waals surface area contributed by atoms with Crippen LogP contribution in [0.4, 0.5) is 14.5 Å². The Morgan fingerprint density at radius 1 is 1.50 bits per heavy atom. The van der Waals surface area contributed by atoms with Crippen molar-refractivity contribution < 1.29 is 13.6 Å². The number of amides is 1. The minimum absolute atomic E-state index is 0.0361. The van der Waals surface area contributed by atoms with Gasteiger partial charge >= 0.3 is 0 Å². The topological polar surface area (TPSA) is 55.1 Å². The van der Waals surface area contributed by atoms with Crippen LogP contribution in [0.1, 0.15) is 12.0 Å². The number of thiocarbonyl (C=S) groups is 1. The van der Waals surface area contributed by atoms with E-state index in [0.717, 1.165) is 6.07 Å². The average molecular weight is 244 g/mol. The molecule has 0 fully saturated rings. The zero-order valence-electron chi connectivity index (χ0n) is 8.51. The molecule has 16 heavy (non-hydrogen) atoms. The van der Waals surface area contributed by atoms with E-state index in [9.17, 15) is 13.6 Å². The molecule has 0 saturated heterocycles. The summed E-state index contributed by atoms with van der Waals surface area (Å²) in [5, 5.41) is 2.09. The number of rotatable bonds is 3. The van der Waals surface area contributed by atoms with E-state index in [2.05, 4.69) is 17.5 Å². The number of halogens is 2. The molecule has 0 heterocycles. The van der Waals surface area contributed by atoms with Gasteiger partial charge in [0.05, 0.1) is 11.4 Å². The van der Waals surface area contributed by atoms with Gasteiger partial charge < -0.3 is 11.1 Å². The minimum Gasteiger partial charge on any atom is -0.393 e. The predicted molar refractivity (Wildman–Crippen MR) is 61.1 cm³/mol. The smallest absolute Gasteiger partial charge is 0.231 e. The van der Waals surface area contributed by atoms with E-state index in [1.165, 1.54) is 13.0 Å². The van der Waals surface area contributed by atoms with Gasteiger partial charge in [0.1, 0.15) is 11.5 Å². The summed E-state index contributed by atoms with van der Waals surface area (Å²) in [5.74, 6) is -2.27. The van der Waals surface area contributed by atoms with E-state index in [-0.39, 0.29) is 17.0 Å². The first kappa shape index (κ1) is 12.5. The fourth-order valence-electron chi connectivity index (χ4n) is 1.11. The highest BCUT2D eigenvalue weighted by Gasteiger charge is 2.14. The largest absolute Gasteiger partial charge is 0.393 e. The van der Waals surface area contributed by atoms with Gasteiger partial charge in [-0.1, -0.05) is 18.3 Å². The van der Waals surface area contributed by atoms with Crippen LogP contribution in [0.15, 0.2) is 12.1 Å². The van der Waals surface area contributed by atoms with Crippen molar-refractivity contribution in [2.24, 2.45) is 5.73 Å². The Morgan fingerprint density at radius 3 is 2.69 bits per heavy atom. The number of hydrogen-bond acceptors (Lipinski definition) is 2. The normalized spacial score (nSPS) is 9.94. The van der Waals surface area contributed by atoms with Crippen molar-refractivity contribution in [1.29, 1.82) is 0 Å². The highest BCUT2D eigenvalue weighted by Crippen LogP contribution is 2.21. The lowest BCUT2D eigenvalue weighted by atomic mass is 10.2. The van der Waals surface area contributed by atoms with Crippen molar-refractivity contribution in [3.63, 3.8) is 0 Å². The lowest BCUT2D eigenvalue weighted by molar-refractivity contribution is -0.115. The fraction of sp³-hybridized carbons (Fsp3) is 0.200. The second kappa shape index (κ2) is 4.98. The highest BCUT2D eigenvalue weighted by molar-refractivity contribution is 7.80. The minimum atomic E-state index is -0.834. The molecule has 0 aliphatic heterocycles. The second-order valence-electron chi connectivity index (χ2n) is 3.24. The van der Waals surface area contributed by atoms with Gasteiger partial charge in [0, 0.05) is 0 Å². The molecular formula is C10H10F2N2OS. The van der Waals surface area contributed by atoms with Gasteiger partial charge in [-0.3, -0.25) is 4.79 Å². The molecule has 0 bridgehead atoms. The van der Waals surface area contributed by atoms with E-state index in [0.29, 0.717) is 0 Å². The molecule has 0 saturated carbocycles. The van der Waals surface area contributed by atoms with Gasteiger partial charge in [0.2, 0.25) is 5.91 Å². The second-order valence-corrected chi connectivity index (χ2v) is 3.77. The maximum absolute atomic E-state index is 13.4. The molecule has 0 aliphatic carbocycles. The SMILES string of the molecule is Cc1ccc(F)c(NC(=O)CC(N)=S)c1F. The molecule has 3 nitrogen and oxygen atoms in total. The molecule has 0 aromatic heterocycles. The van der Waals surface area contributed by atoms with E-state index < -0.39 is 23.2 Å². The quantitative estimate of drug-likeness (QED) is 0.798. The van der Waals surface area contributed by atoms with E-state index in [1.807, 2.05) is 0 Å². The summed E-state index contributed by atoms with van der Waals surface area (Å²) in [7, 11) is 0. The number of benzene rings is 1. The molecule has 1 rings (SSSR count). The van der Waals surface area contributed by atoms with Gasteiger partial charge in [-0.05, 0) is 18.6 Å². The Bertz CT molecular complexity index is 449. The molecule has 3 N–H and O–H groups in total. The third-order valence-corrected chi connectivity index (χ3v) is 2.03. The first-order valence-corrected chi connectivity index (χ1v) is 4.85. The lowest BCUT2D eigenvalue weighted by Crippen LogP contribution is -2.21. The van der Waals surface area contributed by atoms with Gasteiger partial charge in [-0.2, -0.15) is 0 Å². The van der Waals surface area contributed by atoms with Crippen LogP contribution in [0, 0.1) is 18.6 Å². The summed E-state index contributed by atoms with van der Waals surface area (Å²) in [6.45, 7) is 1.47. The fourth-order valence-corrected chi connectivity index (χ4v) is 1.24. The van der Waals surface area contributed by atoms with E-state index in [1.54, 1.807) is 0 Å². The van der Waals surface area contributed by atoms with Crippen LogP contribution in [0.3, 0.4) is 0 Å². The van der Waals surface area contributed by atoms with Crippen LogP contribution in [0.25, 0.3) is 0 Å². The Morgan fingerprint density at radius 2 is 2.12 bits per heavy atom. The third kappa shape index (κ3) is 2.96. The number of aryl methyl sites for hydroxylation is 1. The Hall–Kier alpha value is -1.56. The van der Waals surface area contributed by atoms with Crippen molar-refractivity contribution in [2.45, 2.75) is 13.3 Å². The number of nitrogens with one attached hydrogen (secondary N) is 1. The first-order valence-electron chi connectivity index (χ1n) is 4.44. The van der Waals surface area contributed by atoms with Crippen LogP contribution in [-0.2, 0) is 4.79 Å². The Balaban J connectivity index is 2.93. The van der Waals surface area contributed by atoms with E-state index >= 15 is 0 Å². The number of nitrogens with two attached hydrogens (primary N) is 1. The third-order valence-electron chi connectivity index (χ3n) is 1.88. The highest BCUT2D eigenvalue weighted by atomic mass is 32.1. The van der Waals surface area contributed by atoms with Crippen molar-refractivity contribution in [1.82, 2.24) is 0 Å². The monoisotopic (exact) mass is 244 g/mol. The lowest BCUT2D eigenvalue weighted by Gasteiger charge is -2.08. The molecule has 6 heteroatoms. The number of hydrogen-bond donors (Lipinski definition) is 2. The maximum atomic E-state index is 13.4. The maximum Gasteiger partial charge on any atom is 0.231 e. The molecular weight excluding hydrogens is 234 g/mol. The predicted octanol–water partition coefficient (Wildman–Crippen LogP) is 1.89. The molecule has 0 atom stereocenters. The molecule has 0 unspecified atom stereocenters. The Labute approximate surface area is 96.6 Å². The number of carbonyl (C=O) groups is 1. The van der Waals surface area contributed by atoms with Gasteiger partial charge in [0.25, 0.3) is 0 Å². The summed E-state index contributed by atoms with van der Waals surface area (Å²) >= 11 is 4.51. The number of anilines is 1. The summed E-state index contributed by atoms with van der Waals surface area (Å²) in [6.07, 6.45) is -0.248.